The molecule has 0 saturated carbocycles. The standard InChI is InChI=1S/C11H16N2O3S/c1-4-11(2,3)10(14)13-17(15,16)9-6-5-7-12-8-9/h5-8H,4H2,1-3H3,(H,13,14). The van der Waals surface area contributed by atoms with E-state index in [2.05, 4.69) is 9.71 Å². The van der Waals surface area contributed by atoms with Gasteiger partial charge in [-0.1, -0.05) is 20.8 Å². The van der Waals surface area contributed by atoms with Crippen molar-refractivity contribution >= 4 is 15.9 Å². The van der Waals surface area contributed by atoms with Crippen LogP contribution in [-0.4, -0.2) is 19.3 Å². The van der Waals surface area contributed by atoms with Gasteiger partial charge in [-0.05, 0) is 18.6 Å². The summed E-state index contributed by atoms with van der Waals surface area (Å²) in [5.74, 6) is -0.510. The second-order valence-corrected chi connectivity index (χ2v) is 6.04. The van der Waals surface area contributed by atoms with Crippen molar-refractivity contribution in [2.75, 3.05) is 0 Å². The predicted octanol–water partition coefficient (Wildman–Crippen LogP) is 1.32. The van der Waals surface area contributed by atoms with E-state index >= 15 is 0 Å². The molecule has 1 aromatic heterocycles. The van der Waals surface area contributed by atoms with Gasteiger partial charge in [0.15, 0.2) is 0 Å². The number of rotatable bonds is 4. The van der Waals surface area contributed by atoms with Crippen molar-refractivity contribution < 1.29 is 13.2 Å². The molecule has 6 heteroatoms. The van der Waals surface area contributed by atoms with E-state index in [1.165, 1.54) is 24.5 Å². The Bertz CT molecular complexity index is 495. The minimum Gasteiger partial charge on any atom is -0.273 e. The molecule has 0 fully saturated rings. The molecule has 5 nitrogen and oxygen atoms in total. The molecule has 94 valence electrons. The molecule has 0 spiro atoms. The zero-order valence-corrected chi connectivity index (χ0v) is 10.9. The van der Waals surface area contributed by atoms with E-state index in [9.17, 15) is 13.2 Å². The van der Waals surface area contributed by atoms with Gasteiger partial charge in [-0.2, -0.15) is 0 Å². The maximum absolute atomic E-state index is 11.8. The summed E-state index contributed by atoms with van der Waals surface area (Å²) in [5, 5.41) is 0. The van der Waals surface area contributed by atoms with E-state index in [4.69, 9.17) is 0 Å². The van der Waals surface area contributed by atoms with Crippen molar-refractivity contribution in [2.24, 2.45) is 5.41 Å². The Morgan fingerprint density at radius 2 is 2.12 bits per heavy atom. The summed E-state index contributed by atoms with van der Waals surface area (Å²) in [6, 6.07) is 2.89. The molecule has 1 heterocycles. The molecular formula is C11H16N2O3S. The molecule has 0 atom stereocenters. The number of nitrogens with zero attached hydrogens (tertiary/aromatic N) is 1. The van der Waals surface area contributed by atoms with Crippen LogP contribution in [0.1, 0.15) is 27.2 Å². The van der Waals surface area contributed by atoms with Gasteiger partial charge in [0.2, 0.25) is 5.91 Å². The summed E-state index contributed by atoms with van der Waals surface area (Å²) in [7, 11) is -3.81. The molecule has 0 aliphatic rings. The molecule has 1 aromatic rings. The lowest BCUT2D eigenvalue weighted by molar-refractivity contribution is -0.127. The minimum absolute atomic E-state index is 0.0137. The van der Waals surface area contributed by atoms with E-state index in [-0.39, 0.29) is 4.90 Å². The Morgan fingerprint density at radius 1 is 1.47 bits per heavy atom. The maximum Gasteiger partial charge on any atom is 0.265 e. The zero-order valence-electron chi connectivity index (χ0n) is 10.1. The summed E-state index contributed by atoms with van der Waals surface area (Å²) >= 11 is 0. The maximum atomic E-state index is 11.8. The van der Waals surface area contributed by atoms with Crippen LogP contribution in [0.15, 0.2) is 29.4 Å². The van der Waals surface area contributed by atoms with E-state index in [1.54, 1.807) is 13.8 Å². The fraction of sp³-hybridized carbons (Fsp3) is 0.455. The normalized spacial score (nSPS) is 12.2. The molecule has 0 saturated heterocycles. The first-order valence-corrected chi connectivity index (χ1v) is 6.75. The van der Waals surface area contributed by atoms with Crippen LogP contribution in [-0.2, 0) is 14.8 Å². The minimum atomic E-state index is -3.81. The third-order valence-electron chi connectivity index (χ3n) is 2.67. The summed E-state index contributed by atoms with van der Waals surface area (Å²) in [6.45, 7) is 5.22. The number of pyridine rings is 1. The van der Waals surface area contributed by atoms with Crippen LogP contribution in [0.4, 0.5) is 0 Å². The first-order valence-electron chi connectivity index (χ1n) is 5.27. The molecule has 0 aromatic carbocycles. The molecule has 1 amide bonds. The van der Waals surface area contributed by atoms with Gasteiger partial charge in [0.1, 0.15) is 4.90 Å². The second kappa shape index (κ2) is 4.83. The third-order valence-corrected chi connectivity index (χ3v) is 3.99. The monoisotopic (exact) mass is 256 g/mol. The fourth-order valence-corrected chi connectivity index (χ4v) is 2.08. The summed E-state index contributed by atoms with van der Waals surface area (Å²) in [5.41, 5.74) is -0.713. The largest absolute Gasteiger partial charge is 0.273 e. The predicted molar refractivity (Wildman–Crippen MR) is 63.6 cm³/mol. The number of carbonyl (C=O) groups excluding carboxylic acids is 1. The van der Waals surface area contributed by atoms with Crippen LogP contribution < -0.4 is 4.72 Å². The lowest BCUT2D eigenvalue weighted by Crippen LogP contribution is -2.40. The van der Waals surface area contributed by atoms with Crippen LogP contribution in [0.5, 0.6) is 0 Å². The lowest BCUT2D eigenvalue weighted by atomic mass is 9.90. The average Bonchev–Trinajstić information content (AvgIpc) is 2.29. The summed E-state index contributed by atoms with van der Waals surface area (Å²) in [4.78, 5) is 15.5. The van der Waals surface area contributed by atoms with Crippen molar-refractivity contribution in [1.82, 2.24) is 9.71 Å². The Kier molecular flexibility index (Phi) is 3.87. The van der Waals surface area contributed by atoms with Gasteiger partial charge in [-0.3, -0.25) is 9.78 Å². The van der Waals surface area contributed by atoms with Gasteiger partial charge in [0.25, 0.3) is 10.0 Å². The van der Waals surface area contributed by atoms with E-state index in [0.717, 1.165) is 0 Å². The topological polar surface area (TPSA) is 76.1 Å². The zero-order chi connectivity index (χ0) is 13.1. The van der Waals surface area contributed by atoms with Gasteiger partial charge in [0, 0.05) is 17.8 Å². The van der Waals surface area contributed by atoms with Gasteiger partial charge in [-0.15, -0.1) is 0 Å². The summed E-state index contributed by atoms with van der Waals surface area (Å²) < 4.78 is 25.7. The highest BCUT2D eigenvalue weighted by molar-refractivity contribution is 7.90. The number of carbonyl (C=O) groups is 1. The van der Waals surface area contributed by atoms with Crippen LogP contribution in [0, 0.1) is 5.41 Å². The van der Waals surface area contributed by atoms with Crippen LogP contribution >= 0.6 is 0 Å². The lowest BCUT2D eigenvalue weighted by Gasteiger charge is -2.21. The fourth-order valence-electron chi connectivity index (χ4n) is 0.986. The van der Waals surface area contributed by atoms with Gasteiger partial charge in [0.05, 0.1) is 0 Å². The number of aromatic nitrogens is 1. The van der Waals surface area contributed by atoms with Crippen molar-refractivity contribution in [2.45, 2.75) is 32.1 Å². The van der Waals surface area contributed by atoms with Crippen LogP contribution in [0.2, 0.25) is 0 Å². The number of amides is 1. The van der Waals surface area contributed by atoms with Gasteiger partial charge >= 0.3 is 0 Å². The highest BCUT2D eigenvalue weighted by Gasteiger charge is 2.29. The Labute approximate surface area is 101 Å². The van der Waals surface area contributed by atoms with Crippen LogP contribution in [0.3, 0.4) is 0 Å². The van der Waals surface area contributed by atoms with Gasteiger partial charge in [-0.25, -0.2) is 13.1 Å². The average molecular weight is 256 g/mol. The molecule has 1 rings (SSSR count). The Hall–Kier alpha value is -1.43. The van der Waals surface area contributed by atoms with Gasteiger partial charge < -0.3 is 0 Å². The van der Waals surface area contributed by atoms with E-state index in [0.29, 0.717) is 6.42 Å². The molecule has 17 heavy (non-hydrogen) atoms. The first-order chi connectivity index (χ1) is 7.79. The molecule has 0 bridgehead atoms. The molecule has 0 unspecified atom stereocenters. The summed E-state index contributed by atoms with van der Waals surface area (Å²) in [6.07, 6.45) is 3.23. The highest BCUT2D eigenvalue weighted by atomic mass is 32.2. The third kappa shape index (κ3) is 3.26. The number of sulfonamides is 1. The van der Waals surface area contributed by atoms with Crippen molar-refractivity contribution in [1.29, 1.82) is 0 Å². The van der Waals surface area contributed by atoms with Crippen molar-refractivity contribution in [3.63, 3.8) is 0 Å². The van der Waals surface area contributed by atoms with Crippen molar-refractivity contribution in [3.8, 4) is 0 Å². The quantitative estimate of drug-likeness (QED) is 0.881. The molecule has 0 radical (unpaired) electrons. The SMILES string of the molecule is CCC(C)(C)C(=O)NS(=O)(=O)c1cccnc1. The number of hydrogen-bond donors (Lipinski definition) is 1. The molecule has 0 aliphatic carbocycles. The van der Waals surface area contributed by atoms with E-state index in [1.807, 2.05) is 6.92 Å². The number of hydrogen-bond acceptors (Lipinski definition) is 4. The highest BCUT2D eigenvalue weighted by Crippen LogP contribution is 2.20. The first kappa shape index (κ1) is 13.6. The van der Waals surface area contributed by atoms with Crippen LogP contribution in [0.25, 0.3) is 0 Å². The molecule has 1 N–H and O–H groups in total. The van der Waals surface area contributed by atoms with E-state index < -0.39 is 21.3 Å². The Balaban J connectivity index is 2.93. The second-order valence-electron chi connectivity index (χ2n) is 4.36. The Morgan fingerprint density at radius 3 is 2.59 bits per heavy atom. The number of nitrogens with one attached hydrogen (secondary N) is 1. The molecule has 0 aliphatic heterocycles. The molecular weight excluding hydrogens is 240 g/mol. The van der Waals surface area contributed by atoms with Crippen molar-refractivity contribution in [3.05, 3.63) is 24.5 Å². The smallest absolute Gasteiger partial charge is 0.265 e.